The maximum atomic E-state index is 12.9. The van der Waals surface area contributed by atoms with Gasteiger partial charge in [0, 0.05) is 11.5 Å². The largest absolute Gasteiger partial charge is 0.497 e. The molecule has 1 amide bonds. The lowest BCUT2D eigenvalue weighted by Gasteiger charge is -2.17. The highest BCUT2D eigenvalue weighted by molar-refractivity contribution is 5.99. The number of halogens is 3. The number of hydrogen-bond acceptors (Lipinski definition) is 3. The molecule has 1 aromatic heterocycles. The summed E-state index contributed by atoms with van der Waals surface area (Å²) < 4.78 is 43.9. The molecule has 3 aromatic rings. The first kappa shape index (κ1) is 19.7. The normalized spacial score (nSPS) is 12.6. The van der Waals surface area contributed by atoms with Crippen LogP contribution in [0.2, 0.25) is 0 Å². The minimum absolute atomic E-state index is 0.372. The van der Waals surface area contributed by atoms with Gasteiger partial charge in [0.1, 0.15) is 5.75 Å². The third-order valence-electron chi connectivity index (χ3n) is 4.52. The molecule has 0 aliphatic heterocycles. The lowest BCUT2D eigenvalue weighted by atomic mass is 10.0. The Hall–Kier alpha value is -3.09. The van der Waals surface area contributed by atoms with E-state index < -0.39 is 23.7 Å². The maximum Gasteiger partial charge on any atom is 0.416 e. The van der Waals surface area contributed by atoms with Crippen molar-refractivity contribution in [2.45, 2.75) is 26.1 Å². The van der Waals surface area contributed by atoms with Gasteiger partial charge in [-0.15, -0.1) is 0 Å². The molecular weight excluding hydrogens is 369 g/mol. The molecule has 0 spiro atoms. The van der Waals surface area contributed by atoms with Crippen molar-refractivity contribution in [1.82, 2.24) is 10.3 Å². The van der Waals surface area contributed by atoms with Crippen molar-refractivity contribution < 1.29 is 22.7 Å². The van der Waals surface area contributed by atoms with E-state index >= 15 is 0 Å². The number of carbonyl (C=O) groups excluding carboxylic acids is 1. The van der Waals surface area contributed by atoms with Gasteiger partial charge in [-0.2, -0.15) is 13.2 Å². The van der Waals surface area contributed by atoms with Crippen LogP contribution < -0.4 is 10.1 Å². The minimum Gasteiger partial charge on any atom is -0.497 e. The van der Waals surface area contributed by atoms with E-state index in [9.17, 15) is 18.0 Å². The molecule has 0 aliphatic rings. The molecule has 146 valence electrons. The Morgan fingerprint density at radius 2 is 1.89 bits per heavy atom. The number of fused-ring (bicyclic) bond motifs is 1. The molecule has 4 nitrogen and oxygen atoms in total. The number of ether oxygens (including phenoxy) is 1. The van der Waals surface area contributed by atoms with Gasteiger partial charge in [-0.05, 0) is 49.7 Å². The van der Waals surface area contributed by atoms with E-state index in [1.807, 2.05) is 0 Å². The lowest BCUT2D eigenvalue weighted by Crippen LogP contribution is -2.27. The van der Waals surface area contributed by atoms with E-state index in [0.29, 0.717) is 28.1 Å². The monoisotopic (exact) mass is 388 g/mol. The summed E-state index contributed by atoms with van der Waals surface area (Å²) in [7, 11) is 1.56. The van der Waals surface area contributed by atoms with E-state index in [4.69, 9.17) is 4.74 Å². The summed E-state index contributed by atoms with van der Waals surface area (Å²) in [6.45, 7) is 3.35. The smallest absolute Gasteiger partial charge is 0.416 e. The second-order valence-electron chi connectivity index (χ2n) is 6.50. The summed E-state index contributed by atoms with van der Waals surface area (Å²) in [6, 6.07) is 11.4. The Labute approximate surface area is 160 Å². The molecule has 1 N–H and O–H groups in total. The number of amides is 1. The first-order valence-electron chi connectivity index (χ1n) is 8.62. The molecule has 28 heavy (non-hydrogen) atoms. The second kappa shape index (κ2) is 7.50. The predicted molar refractivity (Wildman–Crippen MR) is 100 cm³/mol. The standard InChI is InChI=1S/C21H19F3N2O2/c1-12(14-5-4-6-16(9-14)21(22,23)24)26-20(27)18-10-15-7-8-17(28-3)11-19(15)25-13(18)2/h4-12H,1-3H3,(H,26,27)/t12-/m0/s1. The number of benzene rings is 2. The number of aromatic nitrogens is 1. The quantitative estimate of drug-likeness (QED) is 0.680. The molecule has 0 bridgehead atoms. The van der Waals surface area contributed by atoms with Crippen LogP contribution in [0.4, 0.5) is 13.2 Å². The van der Waals surface area contributed by atoms with E-state index in [-0.39, 0.29) is 0 Å². The topological polar surface area (TPSA) is 51.2 Å². The molecule has 1 atom stereocenters. The van der Waals surface area contributed by atoms with Gasteiger partial charge >= 0.3 is 6.18 Å². The number of hydrogen-bond donors (Lipinski definition) is 1. The highest BCUT2D eigenvalue weighted by Gasteiger charge is 2.30. The number of aryl methyl sites for hydroxylation is 1. The Bertz CT molecular complexity index is 1030. The molecule has 0 saturated heterocycles. The highest BCUT2D eigenvalue weighted by atomic mass is 19.4. The van der Waals surface area contributed by atoms with Crippen molar-refractivity contribution in [2.75, 3.05) is 7.11 Å². The zero-order chi connectivity index (χ0) is 20.5. The van der Waals surface area contributed by atoms with E-state index in [1.165, 1.54) is 6.07 Å². The fourth-order valence-electron chi connectivity index (χ4n) is 2.94. The average Bonchev–Trinajstić information content (AvgIpc) is 2.66. The van der Waals surface area contributed by atoms with E-state index in [1.54, 1.807) is 51.3 Å². The molecule has 7 heteroatoms. The van der Waals surface area contributed by atoms with Crippen LogP contribution in [0.1, 0.15) is 40.1 Å². The van der Waals surface area contributed by atoms with Gasteiger partial charge in [-0.25, -0.2) is 0 Å². The van der Waals surface area contributed by atoms with Crippen molar-refractivity contribution in [3.63, 3.8) is 0 Å². The molecule has 3 rings (SSSR count). The number of pyridine rings is 1. The van der Waals surface area contributed by atoms with Gasteiger partial charge in [0.05, 0.1) is 35.5 Å². The molecule has 0 unspecified atom stereocenters. The van der Waals surface area contributed by atoms with Crippen molar-refractivity contribution in [3.8, 4) is 5.75 Å². The first-order valence-corrected chi connectivity index (χ1v) is 8.62. The SMILES string of the molecule is COc1ccc2cc(C(=O)N[C@@H](C)c3cccc(C(F)(F)F)c3)c(C)nc2c1. The van der Waals surface area contributed by atoms with Crippen LogP contribution in [0.3, 0.4) is 0 Å². The van der Waals surface area contributed by atoms with Crippen LogP contribution >= 0.6 is 0 Å². The number of rotatable bonds is 4. The van der Waals surface area contributed by atoms with Crippen LogP contribution in [0.5, 0.6) is 5.75 Å². The molecule has 2 aromatic carbocycles. The van der Waals surface area contributed by atoms with Crippen molar-refractivity contribution in [2.24, 2.45) is 0 Å². The van der Waals surface area contributed by atoms with Gasteiger partial charge in [-0.3, -0.25) is 9.78 Å². The number of nitrogens with one attached hydrogen (secondary N) is 1. The van der Waals surface area contributed by atoms with E-state index in [2.05, 4.69) is 10.3 Å². The molecule has 0 saturated carbocycles. The summed E-state index contributed by atoms with van der Waals surface area (Å²) in [5, 5.41) is 3.52. The van der Waals surface area contributed by atoms with Crippen LogP contribution in [0.15, 0.2) is 48.5 Å². The third-order valence-corrected chi connectivity index (χ3v) is 4.52. The first-order chi connectivity index (χ1) is 13.2. The Morgan fingerprint density at radius 3 is 2.57 bits per heavy atom. The summed E-state index contributed by atoms with van der Waals surface area (Å²) >= 11 is 0. The highest BCUT2D eigenvalue weighted by Crippen LogP contribution is 2.31. The number of alkyl halides is 3. The van der Waals surface area contributed by atoms with E-state index in [0.717, 1.165) is 17.5 Å². The predicted octanol–water partition coefficient (Wildman–Crippen LogP) is 5.06. The van der Waals surface area contributed by atoms with Crippen molar-refractivity contribution in [1.29, 1.82) is 0 Å². The number of methoxy groups -OCH3 is 1. The summed E-state index contributed by atoms with van der Waals surface area (Å²) in [4.78, 5) is 17.1. The Kier molecular flexibility index (Phi) is 5.27. The lowest BCUT2D eigenvalue weighted by molar-refractivity contribution is -0.137. The van der Waals surface area contributed by atoms with Crippen molar-refractivity contribution in [3.05, 3.63) is 70.9 Å². The summed E-state index contributed by atoms with van der Waals surface area (Å²) in [5.74, 6) is 0.266. The molecule has 0 radical (unpaired) electrons. The average molecular weight is 388 g/mol. The van der Waals surface area contributed by atoms with Crippen LogP contribution in [0.25, 0.3) is 10.9 Å². The summed E-state index contributed by atoms with van der Waals surface area (Å²) in [6.07, 6.45) is -4.43. The van der Waals surface area contributed by atoms with Gasteiger partial charge in [-0.1, -0.05) is 12.1 Å². The molecule has 0 fully saturated rings. The van der Waals surface area contributed by atoms with Crippen LogP contribution in [-0.4, -0.2) is 18.0 Å². The minimum atomic E-state index is -4.43. The zero-order valence-electron chi connectivity index (χ0n) is 15.6. The van der Waals surface area contributed by atoms with Gasteiger partial charge in [0.25, 0.3) is 5.91 Å². The number of nitrogens with zero attached hydrogens (tertiary/aromatic N) is 1. The third kappa shape index (κ3) is 4.08. The summed E-state index contributed by atoms with van der Waals surface area (Å²) in [5.41, 5.74) is 1.22. The van der Waals surface area contributed by atoms with Crippen LogP contribution in [0, 0.1) is 6.92 Å². The Balaban J connectivity index is 1.85. The second-order valence-corrected chi connectivity index (χ2v) is 6.50. The van der Waals surface area contributed by atoms with Gasteiger partial charge < -0.3 is 10.1 Å². The van der Waals surface area contributed by atoms with Gasteiger partial charge in [0.15, 0.2) is 0 Å². The molecule has 1 heterocycles. The maximum absolute atomic E-state index is 12.9. The van der Waals surface area contributed by atoms with Crippen LogP contribution in [-0.2, 0) is 6.18 Å². The molecular formula is C21H19F3N2O2. The van der Waals surface area contributed by atoms with Gasteiger partial charge in [0.2, 0.25) is 0 Å². The fraction of sp³-hybridized carbons (Fsp3) is 0.238. The zero-order valence-corrected chi connectivity index (χ0v) is 15.6. The Morgan fingerprint density at radius 1 is 1.14 bits per heavy atom. The number of carbonyl (C=O) groups is 1. The fourth-order valence-corrected chi connectivity index (χ4v) is 2.94. The van der Waals surface area contributed by atoms with Crippen molar-refractivity contribution >= 4 is 16.8 Å². The molecule has 0 aliphatic carbocycles.